The van der Waals surface area contributed by atoms with E-state index >= 15 is 0 Å². The summed E-state index contributed by atoms with van der Waals surface area (Å²) in [6.45, 7) is 0. The number of halogens is 1. The summed E-state index contributed by atoms with van der Waals surface area (Å²) >= 11 is 3.13. The van der Waals surface area contributed by atoms with Crippen LogP contribution in [-0.4, -0.2) is 38.3 Å². The Morgan fingerprint density at radius 2 is 2.00 bits per heavy atom. The molecule has 18 heavy (non-hydrogen) atoms. The second-order valence-corrected chi connectivity index (χ2v) is 6.81. The molecule has 2 bridgehead atoms. The second kappa shape index (κ2) is 4.68. The van der Waals surface area contributed by atoms with Gasteiger partial charge in [0.05, 0.1) is 0 Å². The number of hydrogen-bond donors (Lipinski definition) is 0. The van der Waals surface area contributed by atoms with Gasteiger partial charge in [-0.1, -0.05) is 0 Å². The Kier molecular flexibility index (Phi) is 3.18. The van der Waals surface area contributed by atoms with E-state index in [1.807, 2.05) is 6.07 Å². The standard InChI is InChI=1S/C12H9ClO4Se/c13-8-6-9-12(10(14)11(8)16-9)17-18(15)7-4-2-1-3-5-7/h1-6,9,11-12H/t9-,11+,12-,18?/m0/s1. The molecule has 4 atom stereocenters. The first-order valence-electron chi connectivity index (χ1n) is 5.37. The van der Waals surface area contributed by atoms with Crippen molar-refractivity contribution in [3.63, 3.8) is 0 Å². The summed E-state index contributed by atoms with van der Waals surface area (Å²) in [4.78, 5) is 11.9. The van der Waals surface area contributed by atoms with Crippen LogP contribution in [0.2, 0.25) is 0 Å². The van der Waals surface area contributed by atoms with Crippen molar-refractivity contribution in [2.24, 2.45) is 0 Å². The molecule has 4 nitrogen and oxygen atoms in total. The maximum absolute atomic E-state index is 12.0. The average Bonchev–Trinajstić information content (AvgIpc) is 2.89. The van der Waals surface area contributed by atoms with Crippen molar-refractivity contribution in [3.8, 4) is 0 Å². The van der Waals surface area contributed by atoms with E-state index in [0.29, 0.717) is 9.49 Å². The van der Waals surface area contributed by atoms with Gasteiger partial charge in [-0.05, 0) is 0 Å². The zero-order chi connectivity index (χ0) is 12.7. The van der Waals surface area contributed by atoms with Crippen LogP contribution in [0.15, 0.2) is 41.4 Å². The van der Waals surface area contributed by atoms with Crippen molar-refractivity contribution in [1.82, 2.24) is 0 Å². The first kappa shape index (κ1) is 12.2. The summed E-state index contributed by atoms with van der Waals surface area (Å²) < 4.78 is 23.4. The molecular formula is C12H9ClO4Se. The zero-order valence-corrected chi connectivity index (χ0v) is 11.6. The topological polar surface area (TPSA) is 52.6 Å². The molecule has 1 aromatic carbocycles. The fraction of sp³-hybridized carbons (Fsp3) is 0.250. The molecule has 0 radical (unpaired) electrons. The quantitative estimate of drug-likeness (QED) is 0.764. The number of benzene rings is 1. The molecule has 2 heterocycles. The summed E-state index contributed by atoms with van der Waals surface area (Å²) in [5.74, 6) is -0.243. The molecule has 0 amide bonds. The van der Waals surface area contributed by atoms with E-state index in [0.717, 1.165) is 0 Å². The van der Waals surface area contributed by atoms with Crippen LogP contribution < -0.4 is 4.46 Å². The minimum atomic E-state index is -2.68. The Bertz CT molecular complexity index is 542. The molecular weight excluding hydrogens is 323 g/mol. The molecule has 0 N–H and O–H groups in total. The molecule has 1 fully saturated rings. The molecule has 0 saturated carbocycles. The number of ether oxygens (including phenoxy) is 1. The van der Waals surface area contributed by atoms with Gasteiger partial charge in [-0.25, -0.2) is 0 Å². The molecule has 1 unspecified atom stereocenters. The van der Waals surface area contributed by atoms with Gasteiger partial charge < -0.3 is 0 Å². The number of Topliss-reactive ketones (excluding diaryl/α,β-unsaturated/α-hetero) is 1. The van der Waals surface area contributed by atoms with Crippen molar-refractivity contribution in [1.29, 1.82) is 0 Å². The fourth-order valence-electron chi connectivity index (χ4n) is 1.96. The molecule has 1 aromatic rings. The number of carbonyl (C=O) groups is 1. The van der Waals surface area contributed by atoms with Crippen molar-refractivity contribution in [3.05, 3.63) is 41.4 Å². The van der Waals surface area contributed by atoms with Gasteiger partial charge >= 0.3 is 113 Å². The van der Waals surface area contributed by atoms with E-state index < -0.39 is 32.5 Å². The first-order valence-corrected chi connectivity index (χ1v) is 8.00. The van der Waals surface area contributed by atoms with Crippen molar-refractivity contribution < 1.29 is 17.2 Å². The Morgan fingerprint density at radius 1 is 1.28 bits per heavy atom. The van der Waals surface area contributed by atoms with Gasteiger partial charge in [0.2, 0.25) is 0 Å². The first-order chi connectivity index (χ1) is 8.66. The van der Waals surface area contributed by atoms with Crippen molar-refractivity contribution >= 4 is 36.0 Å². The van der Waals surface area contributed by atoms with Crippen LogP contribution in [0.4, 0.5) is 0 Å². The van der Waals surface area contributed by atoms with Crippen LogP contribution in [0.5, 0.6) is 0 Å². The minimum absolute atomic E-state index is 0.243. The van der Waals surface area contributed by atoms with Gasteiger partial charge in [0, 0.05) is 0 Å². The molecule has 3 rings (SSSR count). The van der Waals surface area contributed by atoms with E-state index in [9.17, 15) is 8.63 Å². The van der Waals surface area contributed by atoms with Crippen molar-refractivity contribution in [2.75, 3.05) is 0 Å². The third-order valence-corrected chi connectivity index (χ3v) is 5.34. The van der Waals surface area contributed by atoms with Crippen LogP contribution in [0.1, 0.15) is 0 Å². The molecule has 6 heteroatoms. The molecule has 2 aliphatic rings. The van der Waals surface area contributed by atoms with Gasteiger partial charge in [0.1, 0.15) is 0 Å². The summed E-state index contributed by atoms with van der Waals surface area (Å²) in [7, 11) is 0. The van der Waals surface area contributed by atoms with Gasteiger partial charge in [-0.2, -0.15) is 0 Å². The summed E-state index contributed by atoms with van der Waals surface area (Å²) in [5.41, 5.74) is 0. The Morgan fingerprint density at radius 3 is 2.61 bits per heavy atom. The molecule has 94 valence electrons. The molecule has 0 spiro atoms. The number of ketones is 1. The van der Waals surface area contributed by atoms with Gasteiger partial charge in [-0.3, -0.25) is 0 Å². The molecule has 0 aliphatic carbocycles. The van der Waals surface area contributed by atoms with Crippen molar-refractivity contribution in [2.45, 2.75) is 18.3 Å². The van der Waals surface area contributed by atoms with Crippen LogP contribution in [0, 0.1) is 0 Å². The molecule has 2 aliphatic heterocycles. The summed E-state index contributed by atoms with van der Waals surface area (Å²) in [6, 6.07) is 8.83. The maximum atomic E-state index is 12.0. The van der Waals surface area contributed by atoms with Crippen LogP contribution >= 0.6 is 11.6 Å². The predicted octanol–water partition coefficient (Wildman–Crippen LogP) is 0.670. The Balaban J connectivity index is 1.76. The normalized spacial score (nSPS) is 31.5. The summed E-state index contributed by atoms with van der Waals surface area (Å²) in [5, 5.41) is 0.395. The van der Waals surface area contributed by atoms with E-state index in [-0.39, 0.29) is 5.78 Å². The summed E-state index contributed by atoms with van der Waals surface area (Å²) in [6.07, 6.45) is -0.377. The average molecular weight is 332 g/mol. The Hall–Kier alpha value is -0.841. The zero-order valence-electron chi connectivity index (χ0n) is 9.12. The monoisotopic (exact) mass is 332 g/mol. The third kappa shape index (κ3) is 1.98. The number of hydrogen-bond acceptors (Lipinski definition) is 4. The van der Waals surface area contributed by atoms with E-state index in [1.165, 1.54) is 0 Å². The van der Waals surface area contributed by atoms with Gasteiger partial charge in [0.15, 0.2) is 0 Å². The predicted molar refractivity (Wildman–Crippen MR) is 65.0 cm³/mol. The van der Waals surface area contributed by atoms with Gasteiger partial charge in [0.25, 0.3) is 0 Å². The molecule has 0 aromatic heterocycles. The van der Waals surface area contributed by atoms with Gasteiger partial charge in [-0.15, -0.1) is 0 Å². The molecule has 1 saturated heterocycles. The number of carbonyl (C=O) groups excluding carboxylic acids is 1. The van der Waals surface area contributed by atoms with E-state index in [1.54, 1.807) is 30.3 Å². The van der Waals surface area contributed by atoms with E-state index in [2.05, 4.69) is 0 Å². The second-order valence-electron chi connectivity index (χ2n) is 4.00. The van der Waals surface area contributed by atoms with Crippen LogP contribution in [-0.2, 0) is 17.2 Å². The number of rotatable bonds is 3. The Labute approximate surface area is 113 Å². The SMILES string of the molecule is O=C1[C@@H]2O[C@@H](C=C2Cl)[C@@H]1O[Se](=O)c1ccccc1. The van der Waals surface area contributed by atoms with Crippen LogP contribution in [0.25, 0.3) is 0 Å². The fourth-order valence-corrected chi connectivity index (χ4v) is 4.10. The van der Waals surface area contributed by atoms with Crippen LogP contribution in [0.3, 0.4) is 0 Å². The number of fused-ring (bicyclic) bond motifs is 2. The van der Waals surface area contributed by atoms with E-state index in [4.69, 9.17) is 20.2 Å². The third-order valence-electron chi connectivity index (χ3n) is 2.83.